The van der Waals surface area contributed by atoms with Crippen molar-refractivity contribution in [2.75, 3.05) is 13.7 Å². The van der Waals surface area contributed by atoms with E-state index in [-0.39, 0.29) is 17.6 Å². The zero-order valence-corrected chi connectivity index (χ0v) is 14.0. The Labute approximate surface area is 136 Å². The van der Waals surface area contributed by atoms with Gasteiger partial charge < -0.3 is 19.3 Å². The van der Waals surface area contributed by atoms with Crippen molar-refractivity contribution < 1.29 is 19.3 Å². The molecular formula is C16H26B2O4. The van der Waals surface area contributed by atoms with E-state index in [0.29, 0.717) is 18.9 Å². The quantitative estimate of drug-likeness (QED) is 0.612. The number of hydrogen-bond donors (Lipinski definition) is 1. The minimum Gasteiger partial charge on any atom is -0.391 e. The van der Waals surface area contributed by atoms with Gasteiger partial charge in [0.25, 0.3) is 0 Å². The topological polar surface area (TPSA) is 54.5 Å². The van der Waals surface area contributed by atoms with Crippen LogP contribution in [0.5, 0.6) is 0 Å². The van der Waals surface area contributed by atoms with Gasteiger partial charge in [-0.1, -0.05) is 19.1 Å². The molecule has 2 aliphatic heterocycles. The van der Waals surface area contributed by atoms with Crippen LogP contribution in [-0.2, 0) is 14.2 Å². The number of rotatable bonds is 5. The molecule has 0 bridgehead atoms. The highest BCUT2D eigenvalue weighted by Gasteiger charge is 2.73. The molecule has 1 N–H and O–H groups in total. The third-order valence-electron chi connectivity index (χ3n) is 5.75. The summed E-state index contributed by atoms with van der Waals surface area (Å²) in [6.07, 6.45) is 1.36. The third-order valence-corrected chi connectivity index (χ3v) is 5.75. The Morgan fingerprint density at radius 1 is 1.36 bits per heavy atom. The molecule has 4 radical (unpaired) electrons. The van der Waals surface area contributed by atoms with Crippen LogP contribution in [0.25, 0.3) is 0 Å². The standard InChI is InChI=1S/C16H26B2O4/c1-9(2)5-6-10-14(3,22-10)12-11(20-4)13(19)16(17,18)7-15(12)8-21-15/h9-13,19H,5-8H2,1-4H3/t10-,11+,12-,13+,14?,15+/m1/s1. The number of aliphatic hydroxyl groups excluding tert-OH is 1. The van der Waals surface area contributed by atoms with E-state index in [4.69, 9.17) is 29.9 Å². The van der Waals surface area contributed by atoms with Crippen molar-refractivity contribution in [2.45, 2.75) is 74.8 Å². The molecule has 0 aromatic carbocycles. The van der Waals surface area contributed by atoms with E-state index in [0.717, 1.165) is 12.8 Å². The van der Waals surface area contributed by atoms with E-state index in [1.54, 1.807) is 7.11 Å². The summed E-state index contributed by atoms with van der Waals surface area (Å²) in [6, 6.07) is 0. The third kappa shape index (κ3) is 2.56. The van der Waals surface area contributed by atoms with E-state index in [2.05, 4.69) is 20.8 Å². The smallest absolute Gasteiger partial charge is 0.100 e. The molecule has 1 saturated carbocycles. The first-order valence-electron chi connectivity index (χ1n) is 8.27. The van der Waals surface area contributed by atoms with Gasteiger partial charge in [0.05, 0.1) is 52.1 Å². The molecule has 0 aromatic heterocycles. The van der Waals surface area contributed by atoms with E-state index in [9.17, 15) is 5.11 Å². The highest BCUT2D eigenvalue weighted by molar-refractivity contribution is 6.40. The molecule has 3 rings (SSSR count). The first-order chi connectivity index (χ1) is 10.2. The van der Waals surface area contributed by atoms with Crippen molar-refractivity contribution >= 4 is 15.7 Å². The van der Waals surface area contributed by atoms with Gasteiger partial charge in [-0.3, -0.25) is 0 Å². The molecule has 6 heteroatoms. The second-order valence-electron chi connectivity index (χ2n) is 8.03. The van der Waals surface area contributed by atoms with Crippen LogP contribution in [0.3, 0.4) is 0 Å². The maximum absolute atomic E-state index is 10.5. The maximum atomic E-state index is 10.5. The molecule has 22 heavy (non-hydrogen) atoms. The second kappa shape index (κ2) is 5.23. The second-order valence-corrected chi connectivity index (χ2v) is 8.03. The molecule has 1 aliphatic carbocycles. The lowest BCUT2D eigenvalue weighted by atomic mass is 9.42. The number of epoxide rings is 2. The summed E-state index contributed by atoms with van der Waals surface area (Å²) in [5.74, 6) is 0.605. The van der Waals surface area contributed by atoms with E-state index >= 15 is 0 Å². The van der Waals surface area contributed by atoms with Crippen molar-refractivity contribution in [3.63, 3.8) is 0 Å². The summed E-state index contributed by atoms with van der Waals surface area (Å²) >= 11 is 0. The predicted molar refractivity (Wildman–Crippen MR) is 85.1 cm³/mol. The summed E-state index contributed by atoms with van der Waals surface area (Å²) < 4.78 is 17.4. The van der Waals surface area contributed by atoms with Gasteiger partial charge in [0, 0.05) is 7.11 Å². The van der Waals surface area contributed by atoms with Gasteiger partial charge in [0.15, 0.2) is 0 Å². The molecule has 3 fully saturated rings. The van der Waals surface area contributed by atoms with Gasteiger partial charge in [-0.05, 0) is 32.1 Å². The van der Waals surface area contributed by atoms with Crippen LogP contribution >= 0.6 is 0 Å². The molecule has 0 amide bonds. The lowest BCUT2D eigenvalue weighted by molar-refractivity contribution is -0.122. The van der Waals surface area contributed by atoms with Crippen LogP contribution in [0.1, 0.15) is 40.0 Å². The van der Waals surface area contributed by atoms with Gasteiger partial charge in [-0.25, -0.2) is 0 Å². The molecule has 4 nitrogen and oxygen atoms in total. The molecule has 6 atom stereocenters. The van der Waals surface area contributed by atoms with Crippen molar-refractivity contribution in [1.29, 1.82) is 0 Å². The molecule has 1 unspecified atom stereocenters. The Bertz CT molecular complexity index is 438. The summed E-state index contributed by atoms with van der Waals surface area (Å²) in [4.78, 5) is 0. The predicted octanol–water partition coefficient (Wildman–Crippen LogP) is 1.20. The molecule has 1 spiro atoms. The van der Waals surface area contributed by atoms with Crippen LogP contribution in [0, 0.1) is 11.8 Å². The molecule has 2 heterocycles. The Hall–Kier alpha value is -0.0301. The number of hydrogen-bond acceptors (Lipinski definition) is 4. The summed E-state index contributed by atoms with van der Waals surface area (Å²) in [5.41, 5.74) is -0.742. The van der Waals surface area contributed by atoms with Crippen molar-refractivity contribution in [1.82, 2.24) is 0 Å². The fraction of sp³-hybridized carbons (Fsp3) is 1.00. The zero-order valence-electron chi connectivity index (χ0n) is 14.0. The van der Waals surface area contributed by atoms with Gasteiger partial charge in [-0.15, -0.1) is 0 Å². The first-order valence-corrected chi connectivity index (χ1v) is 8.27. The Morgan fingerprint density at radius 3 is 2.50 bits per heavy atom. The zero-order chi connectivity index (χ0) is 16.3. The Kier molecular flexibility index (Phi) is 4.00. The van der Waals surface area contributed by atoms with Crippen LogP contribution in [0.15, 0.2) is 0 Å². The minimum absolute atomic E-state index is 0.0441. The lowest BCUT2D eigenvalue weighted by Gasteiger charge is -2.50. The fourth-order valence-electron chi connectivity index (χ4n) is 4.38. The van der Waals surface area contributed by atoms with Crippen molar-refractivity contribution in [3.8, 4) is 0 Å². The van der Waals surface area contributed by atoms with Crippen LogP contribution in [0.2, 0.25) is 5.21 Å². The van der Waals surface area contributed by atoms with Gasteiger partial charge in [0.1, 0.15) is 5.60 Å². The Morgan fingerprint density at radius 2 is 2.00 bits per heavy atom. The molecular weight excluding hydrogens is 278 g/mol. The molecule has 120 valence electrons. The molecule has 2 saturated heterocycles. The van der Waals surface area contributed by atoms with Crippen LogP contribution in [-0.4, -0.2) is 64.0 Å². The minimum atomic E-state index is -1.19. The average molecular weight is 304 g/mol. The number of aliphatic hydroxyl groups is 1. The fourth-order valence-corrected chi connectivity index (χ4v) is 4.38. The largest absolute Gasteiger partial charge is 0.391 e. The number of ether oxygens (including phenoxy) is 3. The average Bonchev–Trinajstić information content (AvgIpc) is 3.30. The highest BCUT2D eigenvalue weighted by atomic mass is 16.6. The highest BCUT2D eigenvalue weighted by Crippen LogP contribution is 2.63. The van der Waals surface area contributed by atoms with E-state index in [1.807, 2.05) is 0 Å². The van der Waals surface area contributed by atoms with Crippen molar-refractivity contribution in [2.24, 2.45) is 11.8 Å². The lowest BCUT2D eigenvalue weighted by Crippen LogP contribution is -2.60. The van der Waals surface area contributed by atoms with Gasteiger partial charge >= 0.3 is 0 Å². The van der Waals surface area contributed by atoms with Crippen LogP contribution in [0.4, 0.5) is 0 Å². The first kappa shape index (κ1) is 16.8. The van der Waals surface area contributed by atoms with E-state index in [1.165, 1.54) is 0 Å². The summed E-state index contributed by atoms with van der Waals surface area (Å²) in [5, 5.41) is 9.35. The van der Waals surface area contributed by atoms with E-state index < -0.39 is 23.0 Å². The Balaban J connectivity index is 1.80. The molecule has 0 aromatic rings. The maximum Gasteiger partial charge on any atom is 0.100 e. The van der Waals surface area contributed by atoms with Gasteiger partial charge in [0.2, 0.25) is 0 Å². The summed E-state index contributed by atoms with van der Waals surface area (Å²) in [7, 11) is 13.8. The van der Waals surface area contributed by atoms with Crippen molar-refractivity contribution in [3.05, 3.63) is 0 Å². The molecule has 3 aliphatic rings. The van der Waals surface area contributed by atoms with Crippen LogP contribution < -0.4 is 0 Å². The van der Waals surface area contributed by atoms with Gasteiger partial charge in [-0.2, -0.15) is 0 Å². The number of methoxy groups -OCH3 is 1. The normalized spacial score (nSPS) is 49.5. The SMILES string of the molecule is [B]C1([B])C[C@]2(CO2)[C@@H](C2(C)O[C@@H]2CCC(C)C)[C@H](OC)[C@@H]1O. The monoisotopic (exact) mass is 304 g/mol. The summed E-state index contributed by atoms with van der Waals surface area (Å²) in [6.45, 7) is 7.14.